The molecule has 148 valence electrons. The first kappa shape index (κ1) is 22.7. The van der Waals surface area contributed by atoms with Crippen LogP contribution in [0.5, 0.6) is 11.5 Å². The average molecular weight is 516 g/mol. The summed E-state index contributed by atoms with van der Waals surface area (Å²) in [6.07, 6.45) is 0. The maximum Gasteiger partial charge on any atom is 0.296 e. The molecule has 5 heteroatoms. The molecule has 2 aromatic carbocycles. The molecular weight excluding hydrogens is 487 g/mol. The second-order valence-corrected chi connectivity index (χ2v) is 12.2. The van der Waals surface area contributed by atoms with E-state index in [4.69, 9.17) is 9.05 Å². The van der Waals surface area contributed by atoms with E-state index in [1.807, 2.05) is 12.1 Å². The summed E-state index contributed by atoms with van der Waals surface area (Å²) in [6, 6.07) is 12.6. The van der Waals surface area contributed by atoms with Gasteiger partial charge in [-0.25, -0.2) is 0 Å². The number of halogens is 2. The molecule has 0 N–H and O–H groups in total. The van der Waals surface area contributed by atoms with Crippen LogP contribution in [0.4, 0.5) is 0 Å². The Bertz CT molecular complexity index is 723. The summed E-state index contributed by atoms with van der Waals surface area (Å²) in [5.74, 6) is 2.59. The Kier molecular flexibility index (Phi) is 7.81. The van der Waals surface area contributed by atoms with Crippen LogP contribution < -0.4 is 9.05 Å². The molecule has 0 saturated carbocycles. The molecule has 2 nitrogen and oxygen atoms in total. The van der Waals surface area contributed by atoms with Crippen LogP contribution in [0, 0.1) is 0 Å². The van der Waals surface area contributed by atoms with E-state index in [1.54, 1.807) is 0 Å². The molecule has 2 aromatic rings. The molecule has 0 spiro atoms. The van der Waals surface area contributed by atoms with E-state index >= 15 is 0 Å². The van der Waals surface area contributed by atoms with Gasteiger partial charge in [-0.15, -0.1) is 0 Å². The van der Waals surface area contributed by atoms with Gasteiger partial charge in [0, 0.05) is 0 Å². The third-order valence-electron chi connectivity index (χ3n) is 4.16. The van der Waals surface area contributed by atoms with Gasteiger partial charge in [0.1, 0.15) is 11.5 Å². The highest BCUT2D eigenvalue weighted by Crippen LogP contribution is 2.53. The van der Waals surface area contributed by atoms with Crippen molar-refractivity contribution in [3.05, 3.63) is 56.5 Å². The molecule has 0 amide bonds. The van der Waals surface area contributed by atoms with Crippen molar-refractivity contribution in [3.8, 4) is 11.5 Å². The van der Waals surface area contributed by atoms with Gasteiger partial charge in [-0.3, -0.25) is 0 Å². The third kappa shape index (κ3) is 6.21. The van der Waals surface area contributed by atoms with Crippen molar-refractivity contribution in [2.75, 3.05) is 0 Å². The second-order valence-electron chi connectivity index (χ2n) is 8.30. The zero-order valence-corrected chi connectivity index (χ0v) is 21.2. The quantitative estimate of drug-likeness (QED) is 0.357. The maximum atomic E-state index is 6.36. The van der Waals surface area contributed by atoms with Crippen molar-refractivity contribution in [1.29, 1.82) is 0 Å². The van der Waals surface area contributed by atoms with Crippen molar-refractivity contribution < 1.29 is 9.05 Å². The molecule has 0 saturated heterocycles. The molecule has 0 radical (unpaired) electrons. The summed E-state index contributed by atoms with van der Waals surface area (Å²) >= 11 is 7.31. The first-order valence-electron chi connectivity index (χ1n) is 9.24. The maximum absolute atomic E-state index is 6.36. The van der Waals surface area contributed by atoms with Gasteiger partial charge in [-0.2, -0.15) is 0 Å². The van der Waals surface area contributed by atoms with Crippen molar-refractivity contribution >= 4 is 40.2 Å². The average Bonchev–Trinajstić information content (AvgIpc) is 2.55. The van der Waals surface area contributed by atoms with Gasteiger partial charge in [0.2, 0.25) is 0 Å². The molecule has 0 atom stereocenters. The lowest BCUT2D eigenvalue weighted by atomic mass is 10.0. The molecular formula is C22H29Br2O2P. The monoisotopic (exact) mass is 514 g/mol. The van der Waals surface area contributed by atoms with Gasteiger partial charge < -0.3 is 9.05 Å². The number of hydrogen-bond donors (Lipinski definition) is 0. The first-order chi connectivity index (χ1) is 12.5. The standard InChI is InChI=1S/C22H29Br2O2P/c1-14(2)16-8-10-20(18(23)12-16)25-27(22(5,6)7)26-21-11-9-17(15(3)4)13-19(21)24/h8-15H,1-7H3. The number of rotatable bonds is 6. The van der Waals surface area contributed by atoms with Crippen molar-refractivity contribution in [2.45, 2.75) is 65.5 Å². The highest BCUT2D eigenvalue weighted by Gasteiger charge is 2.32. The number of benzene rings is 2. The van der Waals surface area contributed by atoms with E-state index < -0.39 is 8.38 Å². The third-order valence-corrected chi connectivity index (χ3v) is 7.22. The molecule has 0 aliphatic heterocycles. The van der Waals surface area contributed by atoms with Gasteiger partial charge >= 0.3 is 0 Å². The van der Waals surface area contributed by atoms with E-state index in [0.717, 1.165) is 20.4 Å². The Balaban J connectivity index is 2.27. The highest BCUT2D eigenvalue weighted by molar-refractivity contribution is 9.11. The first-order valence-corrected chi connectivity index (χ1v) is 12.0. The van der Waals surface area contributed by atoms with Crippen LogP contribution >= 0.6 is 40.2 Å². The SMILES string of the molecule is CC(C)c1ccc(OP(Oc2ccc(C(C)C)cc2Br)C(C)(C)C)c(Br)c1. The summed E-state index contributed by atoms with van der Waals surface area (Å²) in [5.41, 5.74) is 2.56. The lowest BCUT2D eigenvalue weighted by molar-refractivity contribution is 0.452. The van der Waals surface area contributed by atoms with Crippen LogP contribution in [0.15, 0.2) is 45.3 Å². The Labute approximate surface area is 182 Å². The van der Waals surface area contributed by atoms with Crippen molar-refractivity contribution in [2.24, 2.45) is 0 Å². The summed E-state index contributed by atoms with van der Waals surface area (Å²) in [7, 11) is -1.20. The van der Waals surface area contributed by atoms with E-state index in [2.05, 4.69) is 105 Å². The van der Waals surface area contributed by atoms with Crippen molar-refractivity contribution in [3.63, 3.8) is 0 Å². The Morgan fingerprint density at radius 2 is 1.11 bits per heavy atom. The molecule has 0 unspecified atom stereocenters. The fourth-order valence-electron chi connectivity index (χ4n) is 2.37. The Morgan fingerprint density at radius 1 is 0.741 bits per heavy atom. The highest BCUT2D eigenvalue weighted by atomic mass is 79.9. The number of hydrogen-bond acceptors (Lipinski definition) is 2. The smallest absolute Gasteiger partial charge is 0.296 e. The van der Waals surface area contributed by atoms with E-state index in [-0.39, 0.29) is 5.16 Å². The van der Waals surface area contributed by atoms with Gasteiger partial charge in [-0.05, 0) is 99.9 Å². The fraction of sp³-hybridized carbons (Fsp3) is 0.455. The van der Waals surface area contributed by atoms with Gasteiger partial charge in [0.15, 0.2) is 0 Å². The summed E-state index contributed by atoms with van der Waals surface area (Å²) < 4.78 is 14.6. The molecule has 27 heavy (non-hydrogen) atoms. The molecule has 0 heterocycles. The summed E-state index contributed by atoms with van der Waals surface area (Å²) in [6.45, 7) is 15.2. The lowest BCUT2D eigenvalue weighted by Crippen LogP contribution is -2.18. The molecule has 2 rings (SSSR count). The second kappa shape index (κ2) is 9.29. The van der Waals surface area contributed by atoms with Crippen LogP contribution in [-0.2, 0) is 0 Å². The van der Waals surface area contributed by atoms with Crippen molar-refractivity contribution in [1.82, 2.24) is 0 Å². The molecule has 0 aromatic heterocycles. The van der Waals surface area contributed by atoms with Crippen LogP contribution in [0.1, 0.15) is 71.4 Å². The summed E-state index contributed by atoms with van der Waals surface area (Å²) in [5, 5.41) is -0.137. The summed E-state index contributed by atoms with van der Waals surface area (Å²) in [4.78, 5) is 0. The van der Waals surface area contributed by atoms with Crippen LogP contribution in [-0.4, -0.2) is 5.16 Å². The minimum absolute atomic E-state index is 0.137. The zero-order valence-electron chi connectivity index (χ0n) is 17.1. The fourth-order valence-corrected chi connectivity index (χ4v) is 4.84. The van der Waals surface area contributed by atoms with E-state index in [9.17, 15) is 0 Å². The lowest BCUT2D eigenvalue weighted by Gasteiger charge is -2.30. The minimum Gasteiger partial charge on any atom is -0.437 e. The van der Waals surface area contributed by atoms with Gasteiger partial charge in [-0.1, -0.05) is 39.8 Å². The molecule has 0 fully saturated rings. The predicted molar refractivity (Wildman–Crippen MR) is 124 cm³/mol. The van der Waals surface area contributed by atoms with E-state index in [0.29, 0.717) is 11.8 Å². The molecule has 0 bridgehead atoms. The van der Waals surface area contributed by atoms with Crippen LogP contribution in [0.25, 0.3) is 0 Å². The topological polar surface area (TPSA) is 18.5 Å². The zero-order chi connectivity index (χ0) is 20.4. The molecule has 0 aliphatic carbocycles. The van der Waals surface area contributed by atoms with Gasteiger partial charge in [0.05, 0.1) is 14.1 Å². The minimum atomic E-state index is -1.20. The largest absolute Gasteiger partial charge is 0.437 e. The Morgan fingerprint density at radius 3 is 1.37 bits per heavy atom. The normalized spacial score (nSPS) is 12.1. The predicted octanol–water partition coefficient (Wildman–Crippen LogP) is 9.03. The molecule has 0 aliphatic rings. The van der Waals surface area contributed by atoms with Crippen LogP contribution in [0.2, 0.25) is 0 Å². The van der Waals surface area contributed by atoms with Crippen LogP contribution in [0.3, 0.4) is 0 Å². The van der Waals surface area contributed by atoms with Gasteiger partial charge in [0.25, 0.3) is 8.38 Å². The van der Waals surface area contributed by atoms with E-state index in [1.165, 1.54) is 11.1 Å². The Hall–Kier alpha value is -0.570.